The number of carbonyl (C=O) groups is 1. The first kappa shape index (κ1) is 18.4. The van der Waals surface area contributed by atoms with Crippen molar-refractivity contribution < 1.29 is 19.0 Å². The summed E-state index contributed by atoms with van der Waals surface area (Å²) in [6.45, 7) is 6.89. The molecule has 1 aliphatic rings. The second-order valence-corrected chi connectivity index (χ2v) is 7.53. The smallest absolute Gasteiger partial charge is 0.377 e. The fourth-order valence-corrected chi connectivity index (χ4v) is 3.78. The van der Waals surface area contributed by atoms with Crippen molar-refractivity contribution in [2.24, 2.45) is 5.92 Å². The normalized spacial score (nSPS) is 15.1. The molecule has 0 saturated carbocycles. The molecule has 0 amide bonds. The summed E-state index contributed by atoms with van der Waals surface area (Å²) in [6, 6.07) is 0. The van der Waals surface area contributed by atoms with Crippen molar-refractivity contribution in [2.75, 3.05) is 13.2 Å². The molecule has 2 aromatic rings. The van der Waals surface area contributed by atoms with Crippen molar-refractivity contribution in [3.63, 3.8) is 0 Å². The molecule has 0 unspecified atom stereocenters. The van der Waals surface area contributed by atoms with Crippen LogP contribution in [0.4, 0.5) is 0 Å². The van der Waals surface area contributed by atoms with Gasteiger partial charge in [0, 0.05) is 4.88 Å². The molecule has 1 atom stereocenters. The van der Waals surface area contributed by atoms with Gasteiger partial charge in [-0.15, -0.1) is 11.3 Å². The maximum Gasteiger partial charge on any atom is 0.377 e. The number of aryl methyl sites for hydroxylation is 1. The molecule has 2 aromatic heterocycles. The van der Waals surface area contributed by atoms with Gasteiger partial charge in [0.15, 0.2) is 0 Å². The van der Waals surface area contributed by atoms with Crippen LogP contribution in [0.25, 0.3) is 10.2 Å². The Morgan fingerprint density at radius 3 is 2.96 bits per heavy atom. The lowest BCUT2D eigenvalue weighted by Gasteiger charge is -2.14. The van der Waals surface area contributed by atoms with E-state index in [0.717, 1.165) is 23.3 Å². The monoisotopic (exact) mass is 378 g/mol. The van der Waals surface area contributed by atoms with Crippen LogP contribution in [0, 0.1) is 12.8 Å². The molecule has 0 spiro atoms. The number of hydrogen-bond donors (Lipinski definition) is 1. The van der Waals surface area contributed by atoms with E-state index in [-0.39, 0.29) is 17.9 Å². The topological polar surface area (TPSA) is 90.5 Å². The number of nitrogens with one attached hydrogen (secondary N) is 1. The van der Waals surface area contributed by atoms with Gasteiger partial charge in [-0.3, -0.25) is 4.79 Å². The Labute approximate surface area is 155 Å². The van der Waals surface area contributed by atoms with Gasteiger partial charge in [0.1, 0.15) is 36.7 Å². The molecule has 0 fully saturated rings. The highest BCUT2D eigenvalue weighted by atomic mass is 32.1. The highest BCUT2D eigenvalue weighted by Gasteiger charge is 2.19. The highest BCUT2D eigenvalue weighted by Crippen LogP contribution is 2.29. The molecular weight excluding hydrogens is 356 g/mol. The van der Waals surface area contributed by atoms with E-state index in [9.17, 15) is 9.59 Å². The molecule has 3 heterocycles. The molecule has 0 radical (unpaired) electrons. The Morgan fingerprint density at radius 2 is 2.27 bits per heavy atom. The van der Waals surface area contributed by atoms with Gasteiger partial charge in [-0.2, -0.15) is 0 Å². The number of rotatable bonds is 6. The third-order valence-electron chi connectivity index (χ3n) is 4.35. The number of ether oxygens (including phenoxy) is 3. The van der Waals surface area contributed by atoms with Gasteiger partial charge in [-0.1, -0.05) is 20.3 Å². The van der Waals surface area contributed by atoms with E-state index < -0.39 is 5.97 Å². The Bertz CT molecular complexity index is 899. The number of nitrogens with zero attached hydrogens (tertiary/aromatic N) is 1. The lowest BCUT2D eigenvalue weighted by Crippen LogP contribution is -2.19. The third-order valence-corrected chi connectivity index (χ3v) is 5.39. The zero-order valence-electron chi connectivity index (χ0n) is 15.1. The minimum atomic E-state index is -0.646. The second kappa shape index (κ2) is 7.90. The average molecular weight is 378 g/mol. The van der Waals surface area contributed by atoms with Crippen LogP contribution < -0.4 is 5.56 Å². The molecule has 7 nitrogen and oxygen atoms in total. The van der Waals surface area contributed by atoms with E-state index in [1.54, 1.807) is 0 Å². The van der Waals surface area contributed by atoms with Gasteiger partial charge in [0.05, 0.1) is 5.39 Å². The first-order chi connectivity index (χ1) is 12.5. The summed E-state index contributed by atoms with van der Waals surface area (Å²) < 4.78 is 15.3. The number of carbonyl (C=O) groups excluding carboxylic acids is 1. The summed E-state index contributed by atoms with van der Waals surface area (Å²) in [5.41, 5.74) is 0.870. The van der Waals surface area contributed by atoms with E-state index in [0.29, 0.717) is 35.2 Å². The number of fused-ring (bicyclic) bond motifs is 1. The second-order valence-electron chi connectivity index (χ2n) is 6.32. The third kappa shape index (κ3) is 3.90. The van der Waals surface area contributed by atoms with E-state index in [1.165, 1.54) is 17.6 Å². The molecule has 140 valence electrons. The SMILES string of the molecule is CC[C@H](C)Cc1c(C)sc2nc(COC(=O)C3=COCCO3)[nH]c(=O)c12. The summed E-state index contributed by atoms with van der Waals surface area (Å²) in [7, 11) is 0. The van der Waals surface area contributed by atoms with Gasteiger partial charge < -0.3 is 19.2 Å². The molecule has 0 aromatic carbocycles. The molecule has 3 rings (SSSR count). The average Bonchev–Trinajstić information content (AvgIpc) is 2.96. The van der Waals surface area contributed by atoms with Gasteiger partial charge in [0.25, 0.3) is 5.56 Å². The number of H-pyrrole nitrogens is 1. The summed E-state index contributed by atoms with van der Waals surface area (Å²) in [5, 5.41) is 0.648. The van der Waals surface area contributed by atoms with Crippen molar-refractivity contribution >= 4 is 27.5 Å². The Balaban J connectivity index is 1.80. The fraction of sp³-hybridized carbons (Fsp3) is 0.500. The van der Waals surface area contributed by atoms with Gasteiger partial charge in [0.2, 0.25) is 5.76 Å². The maximum atomic E-state index is 12.6. The van der Waals surface area contributed by atoms with Crippen molar-refractivity contribution in [1.82, 2.24) is 9.97 Å². The molecule has 0 bridgehead atoms. The van der Waals surface area contributed by atoms with Crippen molar-refractivity contribution in [1.29, 1.82) is 0 Å². The predicted octanol–water partition coefficient (Wildman–Crippen LogP) is 2.81. The highest BCUT2D eigenvalue weighted by molar-refractivity contribution is 7.18. The van der Waals surface area contributed by atoms with E-state index >= 15 is 0 Å². The van der Waals surface area contributed by atoms with E-state index in [2.05, 4.69) is 23.8 Å². The largest absolute Gasteiger partial charge is 0.493 e. The molecule has 8 heteroatoms. The zero-order chi connectivity index (χ0) is 18.7. The number of thiophene rings is 1. The number of aromatic nitrogens is 2. The molecule has 0 saturated heterocycles. The van der Waals surface area contributed by atoms with Crippen LogP contribution in [0.2, 0.25) is 0 Å². The Hall–Kier alpha value is -2.35. The minimum Gasteiger partial charge on any atom is -0.493 e. The van der Waals surface area contributed by atoms with Crippen LogP contribution in [0.5, 0.6) is 0 Å². The first-order valence-electron chi connectivity index (χ1n) is 8.62. The number of hydrogen-bond acceptors (Lipinski definition) is 7. The predicted molar refractivity (Wildman–Crippen MR) is 97.9 cm³/mol. The summed E-state index contributed by atoms with van der Waals surface area (Å²) in [5.74, 6) is 0.178. The molecule has 1 aliphatic heterocycles. The minimum absolute atomic E-state index is 0.0162. The zero-order valence-corrected chi connectivity index (χ0v) is 15.9. The van der Waals surface area contributed by atoms with Crippen LogP contribution in [0.3, 0.4) is 0 Å². The van der Waals surface area contributed by atoms with Crippen LogP contribution in [0.1, 0.15) is 36.5 Å². The molecule has 26 heavy (non-hydrogen) atoms. The summed E-state index contributed by atoms with van der Waals surface area (Å²) in [4.78, 5) is 33.4. The van der Waals surface area contributed by atoms with Crippen LogP contribution in [0.15, 0.2) is 16.8 Å². The summed E-state index contributed by atoms with van der Waals surface area (Å²) >= 11 is 1.49. The molecular formula is C18H22N2O5S. The first-order valence-corrected chi connectivity index (χ1v) is 9.44. The van der Waals surface area contributed by atoms with Crippen LogP contribution >= 0.6 is 11.3 Å². The Kier molecular flexibility index (Phi) is 5.61. The molecule has 1 N–H and O–H groups in total. The number of aromatic amines is 1. The van der Waals surface area contributed by atoms with E-state index in [4.69, 9.17) is 14.2 Å². The van der Waals surface area contributed by atoms with Gasteiger partial charge in [-0.05, 0) is 24.8 Å². The lowest BCUT2D eigenvalue weighted by molar-refractivity contribution is -0.146. The Morgan fingerprint density at radius 1 is 1.46 bits per heavy atom. The standard InChI is InChI=1S/C18H22N2O5S/c1-4-10(2)7-12-11(3)26-17-15(12)16(21)19-14(20-17)9-25-18(22)13-8-23-5-6-24-13/h8,10H,4-7,9H2,1-3H3,(H,19,20,21)/t10-/m0/s1. The lowest BCUT2D eigenvalue weighted by atomic mass is 9.98. The van der Waals surface area contributed by atoms with Crippen molar-refractivity contribution in [2.45, 2.75) is 40.2 Å². The number of esters is 1. The van der Waals surface area contributed by atoms with E-state index in [1.807, 2.05) is 6.92 Å². The van der Waals surface area contributed by atoms with Gasteiger partial charge >= 0.3 is 5.97 Å². The molecule has 0 aliphatic carbocycles. The fourth-order valence-electron chi connectivity index (χ4n) is 2.71. The maximum absolute atomic E-state index is 12.6. The van der Waals surface area contributed by atoms with Crippen molar-refractivity contribution in [3.8, 4) is 0 Å². The quantitative estimate of drug-likeness (QED) is 0.778. The van der Waals surface area contributed by atoms with Crippen molar-refractivity contribution in [3.05, 3.63) is 38.6 Å². The van der Waals surface area contributed by atoms with Crippen LogP contribution in [-0.2, 0) is 32.0 Å². The summed E-state index contributed by atoms with van der Waals surface area (Å²) in [6.07, 6.45) is 3.14. The van der Waals surface area contributed by atoms with Gasteiger partial charge in [-0.25, -0.2) is 9.78 Å². The van der Waals surface area contributed by atoms with Crippen LogP contribution in [-0.4, -0.2) is 29.2 Å².